The van der Waals surface area contributed by atoms with Crippen LogP contribution in [-0.4, -0.2) is 68.1 Å². The van der Waals surface area contributed by atoms with E-state index in [1.807, 2.05) is 36.4 Å². The number of pyridine rings is 2. The number of amides is 1. The van der Waals surface area contributed by atoms with E-state index in [0.717, 1.165) is 10.9 Å². The number of hydrogen-bond acceptors (Lipinski definition) is 10. The smallest absolute Gasteiger partial charge is 0.410 e. The first kappa shape index (κ1) is 30.5. The van der Waals surface area contributed by atoms with Crippen molar-refractivity contribution in [3.63, 3.8) is 0 Å². The van der Waals surface area contributed by atoms with Crippen LogP contribution in [0.3, 0.4) is 0 Å². The molecule has 46 heavy (non-hydrogen) atoms. The number of methoxy groups -OCH3 is 1. The first-order chi connectivity index (χ1) is 22.4. The van der Waals surface area contributed by atoms with Crippen molar-refractivity contribution in [1.82, 2.24) is 24.6 Å². The van der Waals surface area contributed by atoms with E-state index in [-0.39, 0.29) is 31.5 Å². The quantitative estimate of drug-likeness (QED) is 0.195. The molecule has 6 rings (SSSR count). The van der Waals surface area contributed by atoms with Crippen LogP contribution in [0.15, 0.2) is 85.2 Å². The van der Waals surface area contributed by atoms with E-state index >= 15 is 4.39 Å². The topological polar surface area (TPSA) is 144 Å². The van der Waals surface area contributed by atoms with E-state index in [9.17, 15) is 14.7 Å². The van der Waals surface area contributed by atoms with Crippen molar-refractivity contribution < 1.29 is 28.6 Å². The molecule has 0 saturated carbocycles. The Bertz CT molecular complexity index is 1850. The minimum absolute atomic E-state index is 0.136. The lowest BCUT2D eigenvalue weighted by Crippen LogP contribution is -2.51. The number of likely N-dealkylation sites (tertiary alicyclic amines) is 1. The average molecular weight is 626 g/mol. The standard InChI is InChI=1S/C33H32FN7O5/c1-45-32(43)25-18-40(33(44)46-20-21-5-3-2-4-6-21)13-12-27(25)36-30-10-7-22-17-35-31(16-29(22)38-30)37-28-9-8-24(15-26(28)34)41-14-11-23(19-42)39-41/h2-11,14-17,25,27,42H,12-13,18-20H2,1H3,(H,35,37)(H,36,38). The Morgan fingerprint density at radius 3 is 2.67 bits per heavy atom. The number of halogens is 1. The van der Waals surface area contributed by atoms with Gasteiger partial charge in [-0.05, 0) is 42.3 Å². The summed E-state index contributed by atoms with van der Waals surface area (Å²) < 4.78 is 27.0. The molecule has 1 saturated heterocycles. The van der Waals surface area contributed by atoms with Gasteiger partial charge in [0.1, 0.15) is 24.1 Å². The van der Waals surface area contributed by atoms with Crippen molar-refractivity contribution in [3.8, 4) is 5.69 Å². The summed E-state index contributed by atoms with van der Waals surface area (Å²) in [4.78, 5) is 36.2. The van der Waals surface area contributed by atoms with Gasteiger partial charge in [0.2, 0.25) is 0 Å². The molecule has 2 aromatic carbocycles. The fourth-order valence-electron chi connectivity index (χ4n) is 5.32. The molecule has 236 valence electrons. The molecule has 3 aromatic heterocycles. The maximum atomic E-state index is 15.0. The van der Waals surface area contributed by atoms with Crippen molar-refractivity contribution >= 4 is 40.3 Å². The van der Waals surface area contributed by atoms with Crippen molar-refractivity contribution in [2.75, 3.05) is 30.8 Å². The summed E-state index contributed by atoms with van der Waals surface area (Å²) in [6.45, 7) is 0.461. The summed E-state index contributed by atoms with van der Waals surface area (Å²) in [6.07, 6.45) is 3.26. The molecular weight excluding hydrogens is 593 g/mol. The van der Waals surface area contributed by atoms with Crippen LogP contribution >= 0.6 is 0 Å². The molecule has 3 N–H and O–H groups in total. The Morgan fingerprint density at radius 2 is 1.91 bits per heavy atom. The van der Waals surface area contributed by atoms with E-state index in [4.69, 9.17) is 14.5 Å². The zero-order valence-corrected chi connectivity index (χ0v) is 25.0. The number of carbonyl (C=O) groups is 2. The molecule has 5 aromatic rings. The average Bonchev–Trinajstić information content (AvgIpc) is 3.58. The molecule has 0 radical (unpaired) electrons. The number of fused-ring (bicyclic) bond motifs is 1. The van der Waals surface area contributed by atoms with Gasteiger partial charge in [-0.3, -0.25) is 4.79 Å². The van der Waals surface area contributed by atoms with E-state index in [1.54, 1.807) is 42.7 Å². The Labute approximate surface area is 263 Å². The number of nitrogens with one attached hydrogen (secondary N) is 2. The summed E-state index contributed by atoms with van der Waals surface area (Å²) in [5.74, 6) is -0.670. The number of ether oxygens (including phenoxy) is 2. The van der Waals surface area contributed by atoms with Crippen LogP contribution in [0.2, 0.25) is 0 Å². The van der Waals surface area contributed by atoms with Gasteiger partial charge in [-0.25, -0.2) is 23.8 Å². The molecule has 13 heteroatoms. The number of aliphatic hydroxyl groups excluding tert-OH is 1. The number of aromatic nitrogens is 4. The zero-order chi connectivity index (χ0) is 32.0. The van der Waals surface area contributed by atoms with E-state index in [2.05, 4.69) is 20.7 Å². The minimum atomic E-state index is -0.641. The number of nitrogens with zero attached hydrogens (tertiary/aromatic N) is 5. The molecule has 4 heterocycles. The van der Waals surface area contributed by atoms with Gasteiger partial charge >= 0.3 is 12.1 Å². The number of piperidine rings is 1. The lowest BCUT2D eigenvalue weighted by Gasteiger charge is -2.37. The van der Waals surface area contributed by atoms with Gasteiger partial charge in [-0.1, -0.05) is 30.3 Å². The zero-order valence-electron chi connectivity index (χ0n) is 25.0. The Hall–Kier alpha value is -5.56. The largest absolute Gasteiger partial charge is 0.469 e. The highest BCUT2D eigenvalue weighted by Gasteiger charge is 2.37. The number of esters is 1. The van der Waals surface area contributed by atoms with Gasteiger partial charge in [0, 0.05) is 49.0 Å². The summed E-state index contributed by atoms with van der Waals surface area (Å²) in [5, 5.41) is 20.5. The van der Waals surface area contributed by atoms with Crippen LogP contribution in [0.4, 0.5) is 26.5 Å². The molecule has 1 amide bonds. The van der Waals surface area contributed by atoms with Crippen LogP contribution in [0.1, 0.15) is 17.7 Å². The molecule has 1 aliphatic heterocycles. The number of rotatable bonds is 9. The normalized spacial score (nSPS) is 16.2. The molecule has 1 fully saturated rings. The summed E-state index contributed by atoms with van der Waals surface area (Å²) in [7, 11) is 1.32. The van der Waals surface area contributed by atoms with Crippen LogP contribution < -0.4 is 10.6 Å². The van der Waals surface area contributed by atoms with Crippen LogP contribution in [-0.2, 0) is 27.5 Å². The highest BCUT2D eigenvalue weighted by Crippen LogP contribution is 2.27. The third-order valence-corrected chi connectivity index (χ3v) is 7.77. The first-order valence-corrected chi connectivity index (χ1v) is 14.7. The maximum Gasteiger partial charge on any atom is 0.410 e. The summed E-state index contributed by atoms with van der Waals surface area (Å²) >= 11 is 0. The van der Waals surface area contributed by atoms with Gasteiger partial charge < -0.3 is 30.1 Å². The number of carbonyl (C=O) groups excluding carboxylic acids is 2. The maximum absolute atomic E-state index is 15.0. The fourth-order valence-corrected chi connectivity index (χ4v) is 5.32. The van der Waals surface area contributed by atoms with Gasteiger partial charge in [-0.15, -0.1) is 0 Å². The van der Waals surface area contributed by atoms with Crippen molar-refractivity contribution in [1.29, 1.82) is 0 Å². The first-order valence-electron chi connectivity index (χ1n) is 14.7. The highest BCUT2D eigenvalue weighted by atomic mass is 19.1. The number of hydrogen-bond donors (Lipinski definition) is 3. The number of anilines is 3. The predicted octanol–water partition coefficient (Wildman–Crippen LogP) is 4.80. The number of aliphatic hydroxyl groups is 1. The third-order valence-electron chi connectivity index (χ3n) is 7.77. The van der Waals surface area contributed by atoms with E-state index < -0.39 is 23.8 Å². The van der Waals surface area contributed by atoms with E-state index in [0.29, 0.717) is 41.5 Å². The molecule has 0 aliphatic carbocycles. The predicted molar refractivity (Wildman–Crippen MR) is 168 cm³/mol. The van der Waals surface area contributed by atoms with Crippen LogP contribution in [0.25, 0.3) is 16.6 Å². The Balaban J connectivity index is 1.13. The lowest BCUT2D eigenvalue weighted by molar-refractivity contribution is -0.147. The summed E-state index contributed by atoms with van der Waals surface area (Å²) in [6, 6.07) is 20.7. The molecule has 2 atom stereocenters. The van der Waals surface area contributed by atoms with Gasteiger partial charge in [0.05, 0.1) is 42.2 Å². The second kappa shape index (κ2) is 13.6. The van der Waals surface area contributed by atoms with Crippen molar-refractivity contribution in [3.05, 3.63) is 102 Å². The number of benzene rings is 2. The molecule has 0 spiro atoms. The Kier molecular flexibility index (Phi) is 9.01. The molecule has 2 unspecified atom stereocenters. The van der Waals surface area contributed by atoms with Crippen molar-refractivity contribution in [2.24, 2.45) is 5.92 Å². The van der Waals surface area contributed by atoms with Crippen LogP contribution in [0, 0.1) is 11.7 Å². The second-order valence-corrected chi connectivity index (χ2v) is 10.8. The van der Waals surface area contributed by atoms with Crippen molar-refractivity contribution in [2.45, 2.75) is 25.7 Å². The second-order valence-electron chi connectivity index (χ2n) is 10.8. The SMILES string of the molecule is COC(=O)C1CN(C(=O)OCc2ccccc2)CCC1Nc1ccc2cnc(Nc3ccc(-n4ccc(CO)n4)cc3F)cc2n1. The van der Waals surface area contributed by atoms with Gasteiger partial charge in [0.15, 0.2) is 0 Å². The minimum Gasteiger partial charge on any atom is -0.469 e. The lowest BCUT2D eigenvalue weighted by atomic mass is 9.92. The van der Waals surface area contributed by atoms with Crippen LogP contribution in [0.5, 0.6) is 0 Å². The van der Waals surface area contributed by atoms with Gasteiger partial charge in [-0.2, -0.15) is 5.10 Å². The third kappa shape index (κ3) is 6.89. The fraction of sp³-hybridized carbons (Fsp3) is 0.242. The van der Waals surface area contributed by atoms with E-state index in [1.165, 1.54) is 22.8 Å². The molecule has 12 nitrogen and oxygen atoms in total. The summed E-state index contributed by atoms with van der Waals surface area (Å²) in [5.41, 5.74) is 2.68. The monoisotopic (exact) mass is 625 g/mol. The Morgan fingerprint density at radius 1 is 1.07 bits per heavy atom. The molecule has 1 aliphatic rings. The molecule has 0 bridgehead atoms. The highest BCUT2D eigenvalue weighted by molar-refractivity contribution is 5.83. The van der Waals surface area contributed by atoms with Gasteiger partial charge in [0.25, 0.3) is 0 Å². The molecular formula is C33H32FN7O5.